The van der Waals surface area contributed by atoms with Crippen molar-refractivity contribution in [3.63, 3.8) is 0 Å². The monoisotopic (exact) mass is 210 g/mol. The average Bonchev–Trinajstić information content (AvgIpc) is 2.45. The minimum Gasteiger partial charge on any atom is -0.491 e. The van der Waals surface area contributed by atoms with E-state index < -0.39 is 0 Å². The van der Waals surface area contributed by atoms with Crippen LogP contribution in [0.1, 0.15) is 11.8 Å². The quantitative estimate of drug-likeness (QED) is 0.733. The molecule has 2 rings (SSSR count). The Morgan fingerprint density at radius 3 is 2.86 bits per heavy atom. The average molecular weight is 210 g/mol. The second-order valence-corrected chi connectivity index (χ2v) is 4.40. The van der Waals surface area contributed by atoms with E-state index in [1.807, 2.05) is 19.9 Å². The summed E-state index contributed by atoms with van der Waals surface area (Å²) in [5.74, 6) is 0.0685. The van der Waals surface area contributed by atoms with E-state index in [-0.39, 0.29) is 5.82 Å². The Hall–Kier alpha value is -1.09. The smallest absolute Gasteiger partial charge is 0.166 e. The van der Waals surface area contributed by atoms with E-state index in [1.54, 1.807) is 17.4 Å². The maximum absolute atomic E-state index is 13.4. The third-order valence-electron chi connectivity index (χ3n) is 1.99. The number of hydrogen-bond acceptors (Lipinski definition) is 2. The van der Waals surface area contributed by atoms with Gasteiger partial charge in [0, 0.05) is 9.58 Å². The number of halogens is 1. The lowest BCUT2D eigenvalue weighted by atomic mass is 10.2. The molecule has 2 aromatic rings. The van der Waals surface area contributed by atoms with Gasteiger partial charge >= 0.3 is 0 Å². The van der Waals surface area contributed by atoms with Crippen LogP contribution < -0.4 is 4.74 Å². The standard InChI is InChI=1S/C11H11FOS/c1-3-13-10-5-8-4-7(2)14-11(8)6-9(10)12/h4-6H,3H2,1-2H3. The predicted molar refractivity (Wildman–Crippen MR) is 57.7 cm³/mol. The highest BCUT2D eigenvalue weighted by molar-refractivity contribution is 7.19. The van der Waals surface area contributed by atoms with Crippen molar-refractivity contribution in [1.82, 2.24) is 0 Å². The first-order chi connectivity index (χ1) is 6.70. The van der Waals surface area contributed by atoms with Gasteiger partial charge in [-0.2, -0.15) is 0 Å². The fourth-order valence-corrected chi connectivity index (χ4v) is 2.37. The second-order valence-electron chi connectivity index (χ2n) is 3.11. The summed E-state index contributed by atoms with van der Waals surface area (Å²) in [7, 11) is 0. The van der Waals surface area contributed by atoms with Crippen LogP contribution in [0, 0.1) is 12.7 Å². The van der Waals surface area contributed by atoms with Gasteiger partial charge in [-0.05, 0) is 37.4 Å². The third-order valence-corrected chi connectivity index (χ3v) is 3.01. The molecule has 0 aliphatic heterocycles. The molecule has 14 heavy (non-hydrogen) atoms. The lowest BCUT2D eigenvalue weighted by molar-refractivity contribution is 0.322. The molecule has 0 atom stereocenters. The highest BCUT2D eigenvalue weighted by Gasteiger charge is 2.07. The Bertz CT molecular complexity index is 462. The summed E-state index contributed by atoms with van der Waals surface area (Å²) >= 11 is 1.60. The van der Waals surface area contributed by atoms with Crippen LogP contribution in [0.25, 0.3) is 10.1 Å². The van der Waals surface area contributed by atoms with E-state index in [1.165, 1.54) is 10.9 Å². The molecular weight excluding hydrogens is 199 g/mol. The minimum absolute atomic E-state index is 0.277. The molecule has 0 fully saturated rings. The normalized spacial score (nSPS) is 10.8. The molecule has 0 saturated carbocycles. The van der Waals surface area contributed by atoms with Crippen molar-refractivity contribution >= 4 is 21.4 Å². The zero-order chi connectivity index (χ0) is 10.1. The van der Waals surface area contributed by atoms with Crippen molar-refractivity contribution < 1.29 is 9.13 Å². The highest BCUT2D eigenvalue weighted by atomic mass is 32.1. The van der Waals surface area contributed by atoms with E-state index in [9.17, 15) is 4.39 Å². The maximum atomic E-state index is 13.4. The molecule has 0 radical (unpaired) electrons. The molecule has 0 saturated heterocycles. The summed E-state index contributed by atoms with van der Waals surface area (Å²) < 4.78 is 19.6. The Kier molecular flexibility index (Phi) is 2.42. The molecule has 0 N–H and O–H groups in total. The molecule has 0 amide bonds. The molecule has 74 valence electrons. The van der Waals surface area contributed by atoms with Gasteiger partial charge in [-0.25, -0.2) is 4.39 Å². The first-order valence-electron chi connectivity index (χ1n) is 4.53. The Balaban J connectivity index is 2.58. The van der Waals surface area contributed by atoms with Crippen molar-refractivity contribution in [2.24, 2.45) is 0 Å². The summed E-state index contributed by atoms with van der Waals surface area (Å²) in [4.78, 5) is 1.19. The topological polar surface area (TPSA) is 9.23 Å². The number of thiophene rings is 1. The molecule has 0 aliphatic rings. The van der Waals surface area contributed by atoms with E-state index in [0.717, 1.165) is 10.1 Å². The van der Waals surface area contributed by atoms with Gasteiger partial charge < -0.3 is 4.74 Å². The first kappa shape index (κ1) is 9.46. The van der Waals surface area contributed by atoms with Crippen molar-refractivity contribution in [1.29, 1.82) is 0 Å². The zero-order valence-electron chi connectivity index (χ0n) is 8.13. The SMILES string of the molecule is CCOc1cc2cc(C)sc2cc1F. The molecule has 1 aromatic carbocycles. The summed E-state index contributed by atoms with van der Waals surface area (Å²) in [5.41, 5.74) is 0. The van der Waals surface area contributed by atoms with Crippen molar-refractivity contribution in [3.8, 4) is 5.75 Å². The lowest BCUT2D eigenvalue weighted by Crippen LogP contribution is -1.93. The van der Waals surface area contributed by atoms with Gasteiger partial charge in [0.05, 0.1) is 6.61 Å². The van der Waals surface area contributed by atoms with E-state index >= 15 is 0 Å². The van der Waals surface area contributed by atoms with Gasteiger partial charge in [0.2, 0.25) is 0 Å². The van der Waals surface area contributed by atoms with Crippen LogP contribution in [0.2, 0.25) is 0 Å². The van der Waals surface area contributed by atoms with Gasteiger partial charge in [-0.15, -0.1) is 11.3 Å². The number of hydrogen-bond donors (Lipinski definition) is 0. The zero-order valence-corrected chi connectivity index (χ0v) is 8.95. The van der Waals surface area contributed by atoms with Gasteiger partial charge in [0.1, 0.15) is 0 Å². The minimum atomic E-state index is -0.277. The van der Waals surface area contributed by atoms with Gasteiger partial charge in [-0.1, -0.05) is 0 Å². The van der Waals surface area contributed by atoms with Crippen LogP contribution in [-0.4, -0.2) is 6.61 Å². The van der Waals surface area contributed by atoms with Crippen LogP contribution in [-0.2, 0) is 0 Å². The molecule has 0 aliphatic carbocycles. The molecule has 0 unspecified atom stereocenters. The van der Waals surface area contributed by atoms with Crippen LogP contribution in [0.4, 0.5) is 4.39 Å². The number of aryl methyl sites for hydroxylation is 1. The van der Waals surface area contributed by atoms with E-state index in [2.05, 4.69) is 0 Å². The largest absolute Gasteiger partial charge is 0.491 e. The Labute approximate surface area is 86.1 Å². The second kappa shape index (κ2) is 3.58. The maximum Gasteiger partial charge on any atom is 0.166 e. The van der Waals surface area contributed by atoms with Crippen molar-refractivity contribution in [3.05, 3.63) is 28.9 Å². The van der Waals surface area contributed by atoms with Crippen LogP contribution in [0.5, 0.6) is 5.75 Å². The number of fused-ring (bicyclic) bond motifs is 1. The van der Waals surface area contributed by atoms with Gasteiger partial charge in [0.25, 0.3) is 0 Å². The molecule has 0 spiro atoms. The number of benzene rings is 1. The number of rotatable bonds is 2. The Morgan fingerprint density at radius 1 is 1.36 bits per heavy atom. The van der Waals surface area contributed by atoms with Gasteiger partial charge in [-0.3, -0.25) is 0 Å². The third kappa shape index (κ3) is 1.60. The predicted octanol–water partition coefficient (Wildman–Crippen LogP) is 3.75. The molecule has 1 nitrogen and oxygen atoms in total. The molecule has 1 aromatic heterocycles. The first-order valence-corrected chi connectivity index (χ1v) is 5.35. The summed E-state index contributed by atoms with van der Waals surface area (Å²) in [6.45, 7) is 4.36. The lowest BCUT2D eigenvalue weighted by Gasteiger charge is -2.03. The molecule has 3 heteroatoms. The summed E-state index contributed by atoms with van der Waals surface area (Å²) in [6.07, 6.45) is 0. The molecule has 1 heterocycles. The van der Waals surface area contributed by atoms with Crippen molar-refractivity contribution in [2.45, 2.75) is 13.8 Å². The molecule has 0 bridgehead atoms. The van der Waals surface area contributed by atoms with Crippen LogP contribution in [0.3, 0.4) is 0 Å². The Morgan fingerprint density at radius 2 is 2.14 bits per heavy atom. The van der Waals surface area contributed by atoms with E-state index in [4.69, 9.17) is 4.74 Å². The van der Waals surface area contributed by atoms with Crippen molar-refractivity contribution in [2.75, 3.05) is 6.61 Å². The number of ether oxygens (including phenoxy) is 1. The summed E-state index contributed by atoms with van der Waals surface area (Å²) in [6, 6.07) is 5.34. The van der Waals surface area contributed by atoms with Gasteiger partial charge in [0.15, 0.2) is 11.6 Å². The molecular formula is C11H11FOS. The van der Waals surface area contributed by atoms with E-state index in [0.29, 0.717) is 12.4 Å². The highest BCUT2D eigenvalue weighted by Crippen LogP contribution is 2.30. The fourth-order valence-electron chi connectivity index (χ4n) is 1.44. The van der Waals surface area contributed by atoms with Crippen LogP contribution >= 0.6 is 11.3 Å². The van der Waals surface area contributed by atoms with Crippen LogP contribution in [0.15, 0.2) is 18.2 Å². The summed E-state index contributed by atoms with van der Waals surface area (Å²) in [5, 5.41) is 1.05. The fraction of sp³-hybridized carbons (Fsp3) is 0.273.